The first kappa shape index (κ1) is 23.8. The van der Waals surface area contributed by atoms with Crippen LogP contribution < -0.4 is 16.0 Å². The Bertz CT molecular complexity index is 582. The number of carbonyl (C=O) groups excluding carboxylic acids is 1. The van der Waals surface area contributed by atoms with E-state index >= 15 is 0 Å². The molecule has 144 valence electrons. The molecule has 4 nitrogen and oxygen atoms in total. The number of nitrogens with one attached hydrogen (secondary N) is 1. The van der Waals surface area contributed by atoms with Crippen LogP contribution in [0.4, 0.5) is 24.5 Å². The van der Waals surface area contributed by atoms with E-state index in [1.807, 2.05) is 0 Å². The van der Waals surface area contributed by atoms with E-state index in [1.54, 1.807) is 19.0 Å². The molecule has 0 aromatic heterocycles. The number of carbonyl (C=O) groups is 1. The normalized spacial score (nSPS) is 19.6. The Morgan fingerprint density at radius 1 is 1.28 bits per heavy atom. The molecule has 0 bridgehead atoms. The quantitative estimate of drug-likeness (QED) is 0.803. The monoisotopic (exact) mass is 401 g/mol. The summed E-state index contributed by atoms with van der Waals surface area (Å²) in [5, 5.41) is 2.67. The molecule has 0 spiro atoms. The first-order valence-corrected chi connectivity index (χ1v) is 7.63. The maximum absolute atomic E-state index is 12.9. The van der Waals surface area contributed by atoms with E-state index in [9.17, 15) is 18.0 Å². The molecule has 1 aromatic carbocycles. The zero-order valence-electron chi connectivity index (χ0n) is 14.1. The lowest BCUT2D eigenvalue weighted by atomic mass is 9.95. The van der Waals surface area contributed by atoms with Gasteiger partial charge in [-0.05, 0) is 43.5 Å². The van der Waals surface area contributed by atoms with Crippen molar-refractivity contribution in [2.75, 3.05) is 30.9 Å². The first-order chi connectivity index (χ1) is 10.7. The Labute approximate surface area is 158 Å². The summed E-state index contributed by atoms with van der Waals surface area (Å²) >= 11 is 0. The molecule has 1 aromatic rings. The maximum Gasteiger partial charge on any atom is 0.416 e. The fourth-order valence-corrected chi connectivity index (χ4v) is 3.09. The van der Waals surface area contributed by atoms with Gasteiger partial charge in [-0.1, -0.05) is 6.42 Å². The van der Waals surface area contributed by atoms with Crippen LogP contribution in [0.5, 0.6) is 0 Å². The predicted octanol–water partition coefficient (Wildman–Crippen LogP) is 3.93. The second-order valence-electron chi connectivity index (χ2n) is 6.15. The lowest BCUT2D eigenvalue weighted by molar-refractivity contribution is -0.137. The Balaban J connectivity index is 0.00000288. The van der Waals surface area contributed by atoms with Crippen LogP contribution in [0.3, 0.4) is 0 Å². The van der Waals surface area contributed by atoms with E-state index in [2.05, 4.69) is 5.32 Å². The highest BCUT2D eigenvalue weighted by Crippen LogP contribution is 2.36. The Morgan fingerprint density at radius 3 is 2.44 bits per heavy atom. The molecule has 1 amide bonds. The molecule has 1 aliphatic rings. The van der Waals surface area contributed by atoms with Crippen molar-refractivity contribution in [3.8, 4) is 0 Å². The summed E-state index contributed by atoms with van der Waals surface area (Å²) in [5.74, 6) is -0.381. The van der Waals surface area contributed by atoms with Gasteiger partial charge in [0.15, 0.2) is 0 Å². The number of nitrogens with zero attached hydrogens (tertiary/aromatic N) is 1. The van der Waals surface area contributed by atoms with E-state index in [0.717, 1.165) is 31.4 Å². The largest absolute Gasteiger partial charge is 0.416 e. The Hall–Kier alpha value is -1.18. The average molecular weight is 402 g/mol. The van der Waals surface area contributed by atoms with Gasteiger partial charge in [0.25, 0.3) is 0 Å². The summed E-state index contributed by atoms with van der Waals surface area (Å²) < 4.78 is 38.7. The molecule has 0 radical (unpaired) electrons. The molecule has 1 saturated carbocycles. The zero-order valence-corrected chi connectivity index (χ0v) is 15.7. The van der Waals surface area contributed by atoms with Crippen molar-refractivity contribution in [3.63, 3.8) is 0 Å². The van der Waals surface area contributed by atoms with Gasteiger partial charge in [0, 0.05) is 20.0 Å². The van der Waals surface area contributed by atoms with E-state index < -0.39 is 11.7 Å². The zero-order chi connectivity index (χ0) is 17.2. The van der Waals surface area contributed by atoms with Crippen LogP contribution in [0, 0.1) is 11.8 Å². The smallest absolute Gasteiger partial charge is 0.376 e. The van der Waals surface area contributed by atoms with Crippen molar-refractivity contribution in [3.05, 3.63) is 23.8 Å². The third kappa shape index (κ3) is 5.66. The van der Waals surface area contributed by atoms with Gasteiger partial charge in [-0.25, -0.2) is 0 Å². The number of anilines is 2. The van der Waals surface area contributed by atoms with Crippen molar-refractivity contribution in [2.45, 2.75) is 25.4 Å². The van der Waals surface area contributed by atoms with Gasteiger partial charge in [0.2, 0.25) is 5.91 Å². The molecule has 0 unspecified atom stereocenters. The summed E-state index contributed by atoms with van der Waals surface area (Å²) in [7, 11) is 3.44. The number of nitrogens with two attached hydrogens (primary N) is 1. The maximum atomic E-state index is 12.9. The van der Waals surface area contributed by atoms with Crippen molar-refractivity contribution in [1.82, 2.24) is 0 Å². The molecule has 2 atom stereocenters. The van der Waals surface area contributed by atoms with Gasteiger partial charge in [0.1, 0.15) is 0 Å². The van der Waals surface area contributed by atoms with Crippen LogP contribution in [-0.4, -0.2) is 26.5 Å². The number of alkyl halides is 3. The SMILES string of the molecule is CN(C)c1ccc(C(F)(F)F)cc1NC(=O)[C@@H]1CCC[C@@H]1CN.Cl.Cl. The second kappa shape index (κ2) is 9.50. The highest BCUT2D eigenvalue weighted by atomic mass is 35.5. The number of hydrogen-bond donors (Lipinski definition) is 2. The molecular weight excluding hydrogens is 378 g/mol. The van der Waals surface area contributed by atoms with Gasteiger partial charge < -0.3 is 16.0 Å². The number of amides is 1. The molecule has 2 rings (SSSR count). The predicted molar refractivity (Wildman–Crippen MR) is 98.8 cm³/mol. The van der Waals surface area contributed by atoms with Gasteiger partial charge in [-0.2, -0.15) is 13.2 Å². The van der Waals surface area contributed by atoms with Crippen LogP contribution in [0.25, 0.3) is 0 Å². The Morgan fingerprint density at radius 2 is 1.92 bits per heavy atom. The molecule has 0 aliphatic heterocycles. The van der Waals surface area contributed by atoms with Crippen LogP contribution >= 0.6 is 24.8 Å². The number of benzene rings is 1. The van der Waals surface area contributed by atoms with Crippen LogP contribution in [0.1, 0.15) is 24.8 Å². The molecule has 0 saturated heterocycles. The molecule has 1 aliphatic carbocycles. The van der Waals surface area contributed by atoms with Crippen LogP contribution in [-0.2, 0) is 11.0 Å². The van der Waals surface area contributed by atoms with Crippen LogP contribution in [0.15, 0.2) is 18.2 Å². The summed E-state index contributed by atoms with van der Waals surface area (Å²) in [6, 6.07) is 3.37. The minimum absolute atomic E-state index is 0. The summed E-state index contributed by atoms with van der Waals surface area (Å²) in [6.07, 6.45) is -1.91. The molecule has 1 fully saturated rings. The summed E-state index contributed by atoms with van der Waals surface area (Å²) in [5.41, 5.74) is 5.61. The van der Waals surface area contributed by atoms with Gasteiger partial charge >= 0.3 is 6.18 Å². The highest BCUT2D eigenvalue weighted by Gasteiger charge is 2.34. The van der Waals surface area contributed by atoms with Crippen LogP contribution in [0.2, 0.25) is 0 Å². The average Bonchev–Trinajstić information content (AvgIpc) is 2.94. The molecule has 25 heavy (non-hydrogen) atoms. The number of hydrogen-bond acceptors (Lipinski definition) is 3. The lowest BCUT2D eigenvalue weighted by Crippen LogP contribution is -2.30. The third-order valence-electron chi connectivity index (χ3n) is 4.36. The lowest BCUT2D eigenvalue weighted by Gasteiger charge is -2.22. The van der Waals surface area contributed by atoms with E-state index in [4.69, 9.17) is 5.73 Å². The van der Waals surface area contributed by atoms with Crippen molar-refractivity contribution < 1.29 is 18.0 Å². The highest BCUT2D eigenvalue weighted by molar-refractivity contribution is 5.96. The van der Waals surface area contributed by atoms with Gasteiger partial charge in [0.05, 0.1) is 16.9 Å². The van der Waals surface area contributed by atoms with E-state index in [-0.39, 0.29) is 48.2 Å². The van der Waals surface area contributed by atoms with Gasteiger partial charge in [-0.15, -0.1) is 24.8 Å². The first-order valence-electron chi connectivity index (χ1n) is 7.63. The Kier molecular flexibility index (Phi) is 9.05. The molecule has 9 heteroatoms. The molecule has 3 N–H and O–H groups in total. The topological polar surface area (TPSA) is 58.4 Å². The van der Waals surface area contributed by atoms with Crippen molar-refractivity contribution >= 4 is 42.1 Å². The summed E-state index contributed by atoms with van der Waals surface area (Å²) in [4.78, 5) is 14.1. The molecular formula is C16H24Cl2F3N3O. The standard InChI is InChI=1S/C16H22F3N3O.2ClH/c1-22(2)14-7-6-11(16(17,18)19)8-13(14)21-15(23)12-5-3-4-10(12)9-20;;/h6-8,10,12H,3-5,9,20H2,1-2H3,(H,21,23);2*1H/t10-,12-;;/m1../s1. The minimum atomic E-state index is -4.45. The second-order valence-corrected chi connectivity index (χ2v) is 6.15. The number of halogens is 5. The summed E-state index contributed by atoms with van der Waals surface area (Å²) in [6.45, 7) is 0.418. The van der Waals surface area contributed by atoms with E-state index in [0.29, 0.717) is 12.2 Å². The molecule has 0 heterocycles. The fourth-order valence-electron chi connectivity index (χ4n) is 3.09. The fraction of sp³-hybridized carbons (Fsp3) is 0.562. The van der Waals surface area contributed by atoms with Crippen molar-refractivity contribution in [1.29, 1.82) is 0 Å². The van der Waals surface area contributed by atoms with Gasteiger partial charge in [-0.3, -0.25) is 4.79 Å². The van der Waals surface area contributed by atoms with Crippen molar-refractivity contribution in [2.24, 2.45) is 17.6 Å². The third-order valence-corrected chi connectivity index (χ3v) is 4.36. The van der Waals surface area contributed by atoms with E-state index in [1.165, 1.54) is 6.07 Å². The number of rotatable bonds is 4. The minimum Gasteiger partial charge on any atom is -0.376 e.